The molecule has 0 radical (unpaired) electrons. The minimum Gasteiger partial charge on any atom is -0.598 e. The normalized spacial score (nSPS) is 15.2. The molecule has 0 bridgehead atoms. The molecule has 2 atom stereocenters. The van der Waals surface area contributed by atoms with Crippen LogP contribution in [0.1, 0.15) is 42.8 Å². The van der Waals surface area contributed by atoms with Gasteiger partial charge in [-0.15, -0.1) is 16.1 Å². The van der Waals surface area contributed by atoms with Crippen LogP contribution in [0, 0.1) is 0 Å². The maximum Gasteiger partial charge on any atom is 0.170 e. The van der Waals surface area contributed by atoms with Crippen molar-refractivity contribution in [2.24, 2.45) is 10.9 Å². The highest BCUT2D eigenvalue weighted by molar-refractivity contribution is 7.90. The van der Waals surface area contributed by atoms with Crippen LogP contribution in [-0.2, 0) is 17.8 Å². The van der Waals surface area contributed by atoms with Crippen molar-refractivity contribution >= 4 is 28.5 Å². The van der Waals surface area contributed by atoms with Gasteiger partial charge in [0.1, 0.15) is 4.75 Å². The first kappa shape index (κ1) is 18.8. The molecule has 0 aliphatic heterocycles. The maximum absolute atomic E-state index is 12.6. The Morgan fingerprint density at radius 3 is 2.62 bits per heavy atom. The number of thiophene rings is 1. The third-order valence-corrected chi connectivity index (χ3v) is 6.11. The summed E-state index contributed by atoms with van der Waals surface area (Å²) >= 11 is 0.305. The third-order valence-electron chi connectivity index (χ3n) is 3.45. The molecule has 130 valence electrons. The molecule has 1 aromatic heterocycles. The first-order chi connectivity index (χ1) is 11.3. The Hall–Kier alpha value is -1.54. The summed E-state index contributed by atoms with van der Waals surface area (Å²) in [4.78, 5) is 0.998. The van der Waals surface area contributed by atoms with E-state index in [1.807, 2.05) is 62.5 Å². The van der Waals surface area contributed by atoms with Gasteiger partial charge in [-0.3, -0.25) is 0 Å². The van der Waals surface area contributed by atoms with Crippen LogP contribution in [0.2, 0.25) is 0 Å². The molecule has 2 aromatic rings. The number of nitrogens with zero attached hydrogens (tertiary/aromatic N) is 1. The molecule has 2 rings (SSSR count). The van der Waals surface area contributed by atoms with E-state index in [-0.39, 0.29) is 16.6 Å². The highest BCUT2D eigenvalue weighted by Gasteiger charge is 2.30. The average Bonchev–Trinajstić information content (AvgIpc) is 3.03. The monoisotopic (exact) mass is 365 g/mol. The molecule has 0 fully saturated rings. The molecule has 7 heteroatoms. The van der Waals surface area contributed by atoms with Crippen molar-refractivity contribution < 1.29 is 9.76 Å². The van der Waals surface area contributed by atoms with E-state index in [9.17, 15) is 4.55 Å². The standard InChI is InChI=1S/C17H23N3O2S2/c1-17(2,3)24(22)20-14(9-12-7-5-4-6-8-12)15-10-13(11-23-15)16(18)19-21/h4-8,10-11,14,20-21H,9H2,1-3H3,(H2,18,19). The van der Waals surface area contributed by atoms with Crippen LogP contribution in [0.15, 0.2) is 46.9 Å². The van der Waals surface area contributed by atoms with Crippen molar-refractivity contribution in [2.45, 2.75) is 38.0 Å². The fraction of sp³-hybridized carbons (Fsp3) is 0.353. The van der Waals surface area contributed by atoms with Gasteiger partial charge in [-0.1, -0.05) is 35.5 Å². The number of amidine groups is 1. The molecule has 24 heavy (non-hydrogen) atoms. The molecule has 1 heterocycles. The van der Waals surface area contributed by atoms with E-state index in [1.165, 1.54) is 11.3 Å². The number of nitrogens with one attached hydrogen (secondary N) is 1. The van der Waals surface area contributed by atoms with Crippen LogP contribution < -0.4 is 10.5 Å². The van der Waals surface area contributed by atoms with Crippen molar-refractivity contribution in [1.82, 2.24) is 4.72 Å². The molecular formula is C17H23N3O2S2. The van der Waals surface area contributed by atoms with Crippen LogP contribution >= 0.6 is 11.3 Å². The number of oxime groups is 1. The van der Waals surface area contributed by atoms with E-state index in [4.69, 9.17) is 10.9 Å². The minimum absolute atomic E-state index is 0.0768. The molecule has 0 spiro atoms. The van der Waals surface area contributed by atoms with Gasteiger partial charge in [0, 0.05) is 27.2 Å². The second-order valence-electron chi connectivity index (χ2n) is 6.46. The first-order valence-corrected chi connectivity index (χ1v) is 9.62. The number of hydrogen-bond acceptors (Lipinski definition) is 5. The van der Waals surface area contributed by atoms with Gasteiger partial charge in [0.25, 0.3) is 0 Å². The van der Waals surface area contributed by atoms with E-state index in [2.05, 4.69) is 9.88 Å². The van der Waals surface area contributed by atoms with Gasteiger partial charge in [-0.2, -0.15) is 0 Å². The van der Waals surface area contributed by atoms with Gasteiger partial charge < -0.3 is 15.5 Å². The van der Waals surface area contributed by atoms with Crippen LogP contribution in [0.5, 0.6) is 0 Å². The van der Waals surface area contributed by atoms with Gasteiger partial charge in [-0.05, 0) is 38.8 Å². The van der Waals surface area contributed by atoms with Crippen LogP contribution in [-0.4, -0.2) is 20.3 Å². The lowest BCUT2D eigenvalue weighted by Crippen LogP contribution is -2.41. The van der Waals surface area contributed by atoms with E-state index >= 15 is 0 Å². The second-order valence-corrected chi connectivity index (χ2v) is 9.40. The van der Waals surface area contributed by atoms with E-state index in [1.54, 1.807) is 0 Å². The summed E-state index contributed by atoms with van der Waals surface area (Å²) in [5.41, 5.74) is 7.48. The first-order valence-electron chi connectivity index (χ1n) is 7.59. The molecule has 0 aliphatic carbocycles. The van der Waals surface area contributed by atoms with Gasteiger partial charge in [0.05, 0.1) is 6.04 Å². The van der Waals surface area contributed by atoms with Crippen molar-refractivity contribution in [2.75, 3.05) is 0 Å². The minimum atomic E-state index is -1.20. The van der Waals surface area contributed by atoms with Crippen molar-refractivity contribution in [3.8, 4) is 0 Å². The predicted octanol–water partition coefficient (Wildman–Crippen LogP) is 3.18. The number of benzene rings is 1. The fourth-order valence-electron chi connectivity index (χ4n) is 2.08. The number of rotatable bonds is 6. The highest BCUT2D eigenvalue weighted by atomic mass is 32.2. The lowest BCUT2D eigenvalue weighted by molar-refractivity contribution is 0.318. The quantitative estimate of drug-likeness (QED) is 0.241. The molecule has 5 nitrogen and oxygen atoms in total. The Bertz CT molecular complexity index is 681. The summed E-state index contributed by atoms with van der Waals surface area (Å²) in [7, 11) is 0. The summed E-state index contributed by atoms with van der Waals surface area (Å²) in [5, 5.41) is 13.7. The zero-order chi connectivity index (χ0) is 17.7. The predicted molar refractivity (Wildman–Crippen MR) is 101 cm³/mol. The highest BCUT2D eigenvalue weighted by Crippen LogP contribution is 2.28. The molecule has 0 aliphatic rings. The van der Waals surface area contributed by atoms with Crippen LogP contribution in [0.3, 0.4) is 0 Å². The summed E-state index contributed by atoms with van der Waals surface area (Å²) in [6, 6.07) is 11.8. The molecule has 0 amide bonds. The summed E-state index contributed by atoms with van der Waals surface area (Å²) in [6.07, 6.45) is 0.707. The Morgan fingerprint density at radius 2 is 2.04 bits per heavy atom. The molecule has 4 N–H and O–H groups in total. The lowest BCUT2D eigenvalue weighted by Gasteiger charge is -2.27. The van der Waals surface area contributed by atoms with E-state index in [0.717, 1.165) is 10.4 Å². The fourth-order valence-corrected chi connectivity index (χ4v) is 3.93. The zero-order valence-electron chi connectivity index (χ0n) is 14.0. The summed E-state index contributed by atoms with van der Waals surface area (Å²) in [6.45, 7) is 5.81. The van der Waals surface area contributed by atoms with E-state index in [0.29, 0.717) is 12.0 Å². The Morgan fingerprint density at radius 1 is 1.38 bits per heavy atom. The lowest BCUT2D eigenvalue weighted by atomic mass is 10.1. The molecule has 0 saturated carbocycles. The van der Waals surface area contributed by atoms with Gasteiger partial charge in [0.15, 0.2) is 5.84 Å². The Balaban J connectivity index is 2.26. The van der Waals surface area contributed by atoms with Crippen molar-refractivity contribution in [1.29, 1.82) is 0 Å². The topological polar surface area (TPSA) is 93.7 Å². The van der Waals surface area contributed by atoms with Crippen LogP contribution in [0.4, 0.5) is 0 Å². The van der Waals surface area contributed by atoms with Gasteiger partial charge >= 0.3 is 0 Å². The average molecular weight is 366 g/mol. The molecule has 2 unspecified atom stereocenters. The van der Waals surface area contributed by atoms with E-state index < -0.39 is 11.4 Å². The van der Waals surface area contributed by atoms with Crippen molar-refractivity contribution in [3.63, 3.8) is 0 Å². The zero-order valence-corrected chi connectivity index (χ0v) is 15.7. The third kappa shape index (κ3) is 4.98. The maximum atomic E-state index is 12.6. The van der Waals surface area contributed by atoms with Crippen molar-refractivity contribution in [3.05, 3.63) is 57.8 Å². The Labute approximate surface area is 149 Å². The second kappa shape index (κ2) is 8.02. The number of nitrogens with two attached hydrogens (primary N) is 1. The molecular weight excluding hydrogens is 342 g/mol. The largest absolute Gasteiger partial charge is 0.598 e. The van der Waals surface area contributed by atoms with Gasteiger partial charge in [0.2, 0.25) is 0 Å². The molecule has 0 saturated heterocycles. The van der Waals surface area contributed by atoms with Crippen LogP contribution in [0.25, 0.3) is 0 Å². The summed E-state index contributed by atoms with van der Waals surface area (Å²) < 4.78 is 15.4. The number of hydrogen-bond donors (Lipinski definition) is 3. The summed E-state index contributed by atoms with van der Waals surface area (Å²) in [5.74, 6) is 0.0768. The SMILES string of the molecule is CC(C)(C)[S+]([O-])NC(Cc1ccccc1)c1cc(C(N)=NO)cs1. The smallest absolute Gasteiger partial charge is 0.170 e. The Kier molecular flexibility index (Phi) is 6.28. The molecule has 1 aromatic carbocycles. The van der Waals surface area contributed by atoms with Gasteiger partial charge in [-0.25, -0.2) is 0 Å².